The minimum atomic E-state index is -0.440. The molecule has 2 aromatic carbocycles. The molecule has 4 aromatic rings. The normalized spacial score (nSPS) is 11.0. The zero-order chi connectivity index (χ0) is 18.3. The van der Waals surface area contributed by atoms with E-state index in [4.69, 9.17) is 20.4 Å². The van der Waals surface area contributed by atoms with Crippen molar-refractivity contribution in [2.75, 3.05) is 5.32 Å². The lowest BCUT2D eigenvalue weighted by Gasteiger charge is -2.02. The molecule has 4 rings (SSSR count). The molecule has 0 aliphatic rings. The number of nitrogens with one attached hydrogen (secondary N) is 1. The van der Waals surface area contributed by atoms with Crippen LogP contribution < -0.4 is 5.32 Å². The van der Waals surface area contributed by atoms with Gasteiger partial charge in [-0.1, -0.05) is 11.6 Å². The molecule has 2 heterocycles. The summed E-state index contributed by atoms with van der Waals surface area (Å²) in [5, 5.41) is 2.92. The number of rotatable bonds is 3. The van der Waals surface area contributed by atoms with Crippen molar-refractivity contribution in [3.63, 3.8) is 0 Å². The quantitative estimate of drug-likeness (QED) is 0.435. The highest BCUT2D eigenvalue weighted by Gasteiger charge is 2.14. The molecule has 0 spiro atoms. The zero-order valence-electron chi connectivity index (χ0n) is 12.9. The average molecular weight is 436 g/mol. The number of carbonyl (C=O) groups is 1. The molecule has 8 heteroatoms. The maximum Gasteiger partial charge on any atom is 0.291 e. The predicted octanol–water partition coefficient (Wildman–Crippen LogP) is 5.90. The summed E-state index contributed by atoms with van der Waals surface area (Å²) < 4.78 is 24.5. The van der Waals surface area contributed by atoms with E-state index in [1.54, 1.807) is 30.3 Å². The van der Waals surface area contributed by atoms with E-state index in [-0.39, 0.29) is 22.6 Å². The molecule has 130 valence electrons. The summed E-state index contributed by atoms with van der Waals surface area (Å²) in [5.74, 6) is -0.385. The third-order valence-electron chi connectivity index (χ3n) is 3.60. The van der Waals surface area contributed by atoms with Crippen molar-refractivity contribution in [1.82, 2.24) is 4.98 Å². The summed E-state index contributed by atoms with van der Waals surface area (Å²) in [6.45, 7) is 0. The first-order valence-electron chi connectivity index (χ1n) is 7.42. The van der Waals surface area contributed by atoms with E-state index in [1.165, 1.54) is 18.2 Å². The Hall–Kier alpha value is -2.64. The summed E-state index contributed by atoms with van der Waals surface area (Å²) in [7, 11) is 0. The van der Waals surface area contributed by atoms with Crippen LogP contribution in [0.1, 0.15) is 10.6 Å². The van der Waals surface area contributed by atoms with Gasteiger partial charge in [0.05, 0.1) is 10.6 Å². The number of hydrogen-bond donors (Lipinski definition) is 1. The van der Waals surface area contributed by atoms with Crippen LogP contribution in [0.2, 0.25) is 5.02 Å². The number of carbonyl (C=O) groups excluding carboxylic acids is 1. The summed E-state index contributed by atoms with van der Waals surface area (Å²) in [6.07, 6.45) is 0. The van der Waals surface area contributed by atoms with Crippen LogP contribution in [0.5, 0.6) is 0 Å². The van der Waals surface area contributed by atoms with Gasteiger partial charge in [-0.25, -0.2) is 9.37 Å². The molecule has 0 bridgehead atoms. The SMILES string of the molecule is O=C(Nc1ccc2oc(-c3ccc(F)cc3Cl)nc2c1)c1ccc(Br)o1. The Labute approximate surface area is 159 Å². The van der Waals surface area contributed by atoms with E-state index < -0.39 is 5.82 Å². The van der Waals surface area contributed by atoms with Crippen LogP contribution in [-0.2, 0) is 0 Å². The lowest BCUT2D eigenvalue weighted by atomic mass is 10.2. The number of nitrogens with zero attached hydrogens (tertiary/aromatic N) is 1. The van der Waals surface area contributed by atoms with Gasteiger partial charge in [-0.3, -0.25) is 4.79 Å². The van der Waals surface area contributed by atoms with E-state index in [2.05, 4.69) is 26.2 Å². The number of anilines is 1. The first kappa shape index (κ1) is 16.8. The number of fused-ring (bicyclic) bond motifs is 1. The molecule has 0 saturated heterocycles. The molecule has 0 aliphatic heterocycles. The molecule has 26 heavy (non-hydrogen) atoms. The molecule has 0 fully saturated rings. The molecule has 0 atom stereocenters. The van der Waals surface area contributed by atoms with Gasteiger partial charge in [0.15, 0.2) is 16.0 Å². The van der Waals surface area contributed by atoms with Crippen LogP contribution in [0.25, 0.3) is 22.6 Å². The second-order valence-corrected chi connectivity index (χ2v) is 6.57. The van der Waals surface area contributed by atoms with Crippen LogP contribution >= 0.6 is 27.5 Å². The third kappa shape index (κ3) is 3.23. The van der Waals surface area contributed by atoms with Crippen LogP contribution in [0.3, 0.4) is 0 Å². The Morgan fingerprint density at radius 3 is 2.69 bits per heavy atom. The smallest absolute Gasteiger partial charge is 0.291 e. The van der Waals surface area contributed by atoms with E-state index in [9.17, 15) is 9.18 Å². The fourth-order valence-corrected chi connectivity index (χ4v) is 2.97. The van der Waals surface area contributed by atoms with Gasteiger partial charge in [0, 0.05) is 5.69 Å². The molecule has 0 saturated carbocycles. The maximum atomic E-state index is 13.2. The van der Waals surface area contributed by atoms with Gasteiger partial charge in [-0.05, 0) is 64.5 Å². The highest BCUT2D eigenvalue weighted by molar-refractivity contribution is 9.10. The van der Waals surface area contributed by atoms with Gasteiger partial charge < -0.3 is 14.2 Å². The second kappa shape index (κ2) is 6.59. The summed E-state index contributed by atoms with van der Waals surface area (Å²) in [6, 6.07) is 12.2. The van der Waals surface area contributed by atoms with Crippen molar-refractivity contribution >= 4 is 50.2 Å². The van der Waals surface area contributed by atoms with Gasteiger partial charge in [0.2, 0.25) is 5.89 Å². The van der Waals surface area contributed by atoms with Crippen molar-refractivity contribution in [2.24, 2.45) is 0 Å². The summed E-state index contributed by atoms with van der Waals surface area (Å²) in [4.78, 5) is 16.5. The van der Waals surface area contributed by atoms with Crippen molar-refractivity contribution in [2.45, 2.75) is 0 Å². The van der Waals surface area contributed by atoms with E-state index in [1.807, 2.05) is 0 Å². The average Bonchev–Trinajstić information content (AvgIpc) is 3.20. The molecular weight excluding hydrogens is 427 g/mol. The Bertz CT molecular complexity index is 1140. The third-order valence-corrected chi connectivity index (χ3v) is 4.34. The Kier molecular flexibility index (Phi) is 4.26. The van der Waals surface area contributed by atoms with Gasteiger partial charge in [0.1, 0.15) is 11.3 Å². The minimum absolute atomic E-state index is 0.177. The number of hydrogen-bond acceptors (Lipinski definition) is 4. The topological polar surface area (TPSA) is 68.3 Å². The maximum absolute atomic E-state index is 13.2. The molecule has 2 aromatic heterocycles. The van der Waals surface area contributed by atoms with Gasteiger partial charge in [0.25, 0.3) is 5.91 Å². The summed E-state index contributed by atoms with van der Waals surface area (Å²) >= 11 is 9.20. The molecule has 5 nitrogen and oxygen atoms in total. The largest absolute Gasteiger partial charge is 0.444 e. The molecule has 0 radical (unpaired) electrons. The Morgan fingerprint density at radius 1 is 1.12 bits per heavy atom. The summed E-state index contributed by atoms with van der Waals surface area (Å²) in [5.41, 5.74) is 2.05. The van der Waals surface area contributed by atoms with Crippen molar-refractivity contribution in [1.29, 1.82) is 0 Å². The van der Waals surface area contributed by atoms with Gasteiger partial charge >= 0.3 is 0 Å². The standard InChI is InChI=1S/C18H9BrClFN2O3/c19-16-6-5-15(25-16)17(24)22-10-2-4-14-13(8-10)23-18(26-14)11-3-1-9(21)7-12(11)20/h1-8H,(H,22,24). The second-order valence-electron chi connectivity index (χ2n) is 5.38. The molecule has 1 N–H and O–H groups in total. The number of benzene rings is 2. The number of halogens is 3. The molecule has 0 unspecified atom stereocenters. The number of oxazole rings is 1. The fourth-order valence-electron chi connectivity index (χ4n) is 2.41. The Balaban J connectivity index is 1.64. The van der Waals surface area contributed by atoms with Crippen LogP contribution in [0, 0.1) is 5.82 Å². The van der Waals surface area contributed by atoms with E-state index in [0.717, 1.165) is 0 Å². The van der Waals surface area contributed by atoms with Gasteiger partial charge in [-0.15, -0.1) is 0 Å². The molecule has 1 amide bonds. The highest BCUT2D eigenvalue weighted by atomic mass is 79.9. The highest BCUT2D eigenvalue weighted by Crippen LogP contribution is 2.31. The zero-order valence-corrected chi connectivity index (χ0v) is 15.3. The predicted molar refractivity (Wildman–Crippen MR) is 98.8 cm³/mol. The van der Waals surface area contributed by atoms with Crippen LogP contribution in [0.4, 0.5) is 10.1 Å². The lowest BCUT2D eigenvalue weighted by molar-refractivity contribution is 0.0995. The lowest BCUT2D eigenvalue weighted by Crippen LogP contribution is -2.10. The first-order valence-corrected chi connectivity index (χ1v) is 8.59. The van der Waals surface area contributed by atoms with Crippen molar-refractivity contribution in [3.05, 3.63) is 69.8 Å². The van der Waals surface area contributed by atoms with Crippen molar-refractivity contribution < 1.29 is 18.0 Å². The first-order chi connectivity index (χ1) is 12.5. The number of amides is 1. The monoisotopic (exact) mass is 434 g/mol. The molecular formula is C18H9BrClFN2O3. The number of furan rings is 1. The molecule has 0 aliphatic carbocycles. The minimum Gasteiger partial charge on any atom is -0.444 e. The fraction of sp³-hybridized carbons (Fsp3) is 0. The number of aromatic nitrogens is 1. The van der Waals surface area contributed by atoms with Crippen LogP contribution in [-0.4, -0.2) is 10.9 Å². The Morgan fingerprint density at radius 2 is 1.96 bits per heavy atom. The van der Waals surface area contributed by atoms with Crippen LogP contribution in [0.15, 0.2) is 62.0 Å². The van der Waals surface area contributed by atoms with Gasteiger partial charge in [-0.2, -0.15) is 0 Å². The van der Waals surface area contributed by atoms with E-state index in [0.29, 0.717) is 27.0 Å². The van der Waals surface area contributed by atoms with E-state index >= 15 is 0 Å². The van der Waals surface area contributed by atoms with Crippen molar-refractivity contribution in [3.8, 4) is 11.5 Å².